The standard InChI is InChI=1S/C19H16N2O2/c1-13-8-11-18(23-13)19-16-10-9-15(22-2)12-17(16)21(20-19)14-6-4-3-5-7-14/h3-12H,1-2H3. The van der Waals surface area contributed by atoms with Gasteiger partial charge < -0.3 is 9.15 Å². The van der Waals surface area contributed by atoms with Gasteiger partial charge in [0.2, 0.25) is 0 Å². The van der Waals surface area contributed by atoms with Gasteiger partial charge in [-0.3, -0.25) is 0 Å². The van der Waals surface area contributed by atoms with Gasteiger partial charge in [0.1, 0.15) is 17.2 Å². The molecule has 4 aromatic rings. The number of rotatable bonds is 3. The van der Waals surface area contributed by atoms with E-state index in [1.807, 2.05) is 72.3 Å². The fraction of sp³-hybridized carbons (Fsp3) is 0.105. The van der Waals surface area contributed by atoms with Gasteiger partial charge in [-0.05, 0) is 43.3 Å². The van der Waals surface area contributed by atoms with Gasteiger partial charge in [-0.25, -0.2) is 4.68 Å². The van der Waals surface area contributed by atoms with Crippen LogP contribution in [0, 0.1) is 6.92 Å². The van der Waals surface area contributed by atoms with Crippen molar-refractivity contribution in [2.75, 3.05) is 7.11 Å². The van der Waals surface area contributed by atoms with Crippen LogP contribution < -0.4 is 4.74 Å². The zero-order valence-electron chi connectivity index (χ0n) is 13.0. The first-order valence-electron chi connectivity index (χ1n) is 7.45. The number of aromatic nitrogens is 2. The maximum atomic E-state index is 5.78. The number of methoxy groups -OCH3 is 1. The first-order chi connectivity index (χ1) is 11.3. The normalized spacial score (nSPS) is 11.0. The Bertz CT molecular complexity index is 968. The SMILES string of the molecule is COc1ccc2c(-c3ccc(C)o3)nn(-c3ccccc3)c2c1. The van der Waals surface area contributed by atoms with Crippen molar-refractivity contribution >= 4 is 10.9 Å². The zero-order chi connectivity index (χ0) is 15.8. The van der Waals surface area contributed by atoms with Gasteiger partial charge in [0.05, 0.1) is 18.3 Å². The van der Waals surface area contributed by atoms with E-state index in [2.05, 4.69) is 0 Å². The summed E-state index contributed by atoms with van der Waals surface area (Å²) in [4.78, 5) is 0. The Morgan fingerprint density at radius 2 is 1.83 bits per heavy atom. The maximum Gasteiger partial charge on any atom is 0.155 e. The molecule has 0 unspecified atom stereocenters. The molecule has 0 radical (unpaired) electrons. The highest BCUT2D eigenvalue weighted by molar-refractivity contribution is 5.93. The van der Waals surface area contributed by atoms with Crippen LogP contribution in [0.3, 0.4) is 0 Å². The van der Waals surface area contributed by atoms with Crippen molar-refractivity contribution < 1.29 is 9.15 Å². The highest BCUT2D eigenvalue weighted by Crippen LogP contribution is 2.32. The minimum Gasteiger partial charge on any atom is -0.497 e. The highest BCUT2D eigenvalue weighted by Gasteiger charge is 2.16. The summed E-state index contributed by atoms with van der Waals surface area (Å²) in [5.74, 6) is 2.44. The number of hydrogen-bond acceptors (Lipinski definition) is 3. The van der Waals surface area contributed by atoms with Crippen LogP contribution in [0.1, 0.15) is 5.76 Å². The van der Waals surface area contributed by atoms with E-state index < -0.39 is 0 Å². The predicted molar refractivity (Wildman–Crippen MR) is 90.1 cm³/mol. The Kier molecular flexibility index (Phi) is 3.15. The number of furan rings is 1. The van der Waals surface area contributed by atoms with Crippen LogP contribution in [0.25, 0.3) is 28.0 Å². The second kappa shape index (κ2) is 5.32. The molecule has 0 fully saturated rings. The van der Waals surface area contributed by atoms with Crippen molar-refractivity contribution in [2.24, 2.45) is 0 Å². The number of nitrogens with zero attached hydrogens (tertiary/aromatic N) is 2. The fourth-order valence-corrected chi connectivity index (χ4v) is 2.73. The summed E-state index contributed by atoms with van der Waals surface area (Å²) in [6.07, 6.45) is 0. The lowest BCUT2D eigenvalue weighted by atomic mass is 10.1. The van der Waals surface area contributed by atoms with Crippen LogP contribution in [0.5, 0.6) is 5.75 Å². The van der Waals surface area contributed by atoms with Gasteiger partial charge in [-0.15, -0.1) is 0 Å². The van der Waals surface area contributed by atoms with Crippen LogP contribution in [0.2, 0.25) is 0 Å². The third kappa shape index (κ3) is 2.28. The van der Waals surface area contributed by atoms with Crippen LogP contribution >= 0.6 is 0 Å². The minimum absolute atomic E-state index is 0.771. The van der Waals surface area contributed by atoms with E-state index in [0.29, 0.717) is 0 Å². The lowest BCUT2D eigenvalue weighted by Gasteiger charge is -2.04. The molecule has 0 N–H and O–H groups in total. The summed E-state index contributed by atoms with van der Waals surface area (Å²) in [7, 11) is 1.67. The van der Waals surface area contributed by atoms with Crippen LogP contribution in [0.15, 0.2) is 65.1 Å². The third-order valence-corrected chi connectivity index (χ3v) is 3.86. The van der Waals surface area contributed by atoms with E-state index in [1.54, 1.807) is 7.11 Å². The van der Waals surface area contributed by atoms with Crippen molar-refractivity contribution in [3.63, 3.8) is 0 Å². The molecule has 0 amide bonds. The average Bonchev–Trinajstić information content (AvgIpc) is 3.18. The van der Waals surface area contributed by atoms with E-state index in [0.717, 1.165) is 39.6 Å². The zero-order valence-corrected chi connectivity index (χ0v) is 13.0. The largest absolute Gasteiger partial charge is 0.497 e. The van der Waals surface area contributed by atoms with Crippen molar-refractivity contribution in [3.05, 3.63) is 66.4 Å². The Hall–Kier alpha value is -3.01. The Morgan fingerprint density at radius 1 is 1.00 bits per heavy atom. The molecule has 4 heteroatoms. The number of benzene rings is 2. The first-order valence-corrected chi connectivity index (χ1v) is 7.45. The van der Waals surface area contributed by atoms with Gasteiger partial charge >= 0.3 is 0 Å². The van der Waals surface area contributed by atoms with Gasteiger partial charge in [0, 0.05) is 11.5 Å². The second-order valence-corrected chi connectivity index (χ2v) is 5.39. The highest BCUT2D eigenvalue weighted by atomic mass is 16.5. The molecule has 2 aromatic carbocycles. The van der Waals surface area contributed by atoms with E-state index in [9.17, 15) is 0 Å². The van der Waals surface area contributed by atoms with E-state index in [1.165, 1.54) is 0 Å². The predicted octanol–water partition coefficient (Wildman–Crippen LogP) is 4.60. The molecular weight excluding hydrogens is 288 g/mol. The minimum atomic E-state index is 0.771. The van der Waals surface area contributed by atoms with E-state index in [-0.39, 0.29) is 0 Å². The third-order valence-electron chi connectivity index (χ3n) is 3.86. The van der Waals surface area contributed by atoms with Crippen molar-refractivity contribution in [3.8, 4) is 22.9 Å². The van der Waals surface area contributed by atoms with E-state index >= 15 is 0 Å². The van der Waals surface area contributed by atoms with Gasteiger partial charge in [0.25, 0.3) is 0 Å². The molecular formula is C19H16N2O2. The van der Waals surface area contributed by atoms with Crippen molar-refractivity contribution in [1.82, 2.24) is 9.78 Å². The maximum absolute atomic E-state index is 5.78. The monoisotopic (exact) mass is 304 g/mol. The van der Waals surface area contributed by atoms with Crippen molar-refractivity contribution in [1.29, 1.82) is 0 Å². The number of hydrogen-bond donors (Lipinski definition) is 0. The molecule has 2 heterocycles. The molecule has 0 saturated carbocycles. The molecule has 0 saturated heterocycles. The lowest BCUT2D eigenvalue weighted by Crippen LogP contribution is -1.96. The van der Waals surface area contributed by atoms with Crippen LogP contribution in [0.4, 0.5) is 0 Å². The average molecular weight is 304 g/mol. The number of ether oxygens (including phenoxy) is 1. The molecule has 2 aromatic heterocycles. The molecule has 4 nitrogen and oxygen atoms in total. The van der Waals surface area contributed by atoms with Crippen LogP contribution in [-0.2, 0) is 0 Å². The summed E-state index contributed by atoms with van der Waals surface area (Å²) in [6, 6.07) is 19.9. The molecule has 0 atom stereocenters. The van der Waals surface area contributed by atoms with E-state index in [4.69, 9.17) is 14.3 Å². The molecule has 0 bridgehead atoms. The number of para-hydroxylation sites is 1. The van der Waals surface area contributed by atoms with Gasteiger partial charge in [-0.2, -0.15) is 5.10 Å². The molecule has 4 rings (SSSR count). The fourth-order valence-electron chi connectivity index (χ4n) is 2.73. The Balaban J connectivity index is 2.02. The molecule has 0 aliphatic rings. The lowest BCUT2D eigenvalue weighted by molar-refractivity contribution is 0.415. The van der Waals surface area contributed by atoms with Crippen LogP contribution in [-0.4, -0.2) is 16.9 Å². The first kappa shape index (κ1) is 13.6. The second-order valence-electron chi connectivity index (χ2n) is 5.39. The van der Waals surface area contributed by atoms with Gasteiger partial charge in [0.15, 0.2) is 5.76 Å². The smallest absolute Gasteiger partial charge is 0.155 e. The summed E-state index contributed by atoms with van der Waals surface area (Å²) in [5, 5.41) is 5.82. The summed E-state index contributed by atoms with van der Waals surface area (Å²) in [6.45, 7) is 1.93. The number of aryl methyl sites for hydroxylation is 1. The number of fused-ring (bicyclic) bond motifs is 1. The molecule has 0 aliphatic heterocycles. The molecule has 23 heavy (non-hydrogen) atoms. The Morgan fingerprint density at radius 3 is 2.52 bits per heavy atom. The summed E-state index contributed by atoms with van der Waals surface area (Å²) in [5.41, 5.74) is 2.82. The Labute approximate surface area is 133 Å². The quantitative estimate of drug-likeness (QED) is 0.555. The molecule has 0 aliphatic carbocycles. The molecule has 0 spiro atoms. The van der Waals surface area contributed by atoms with Crippen molar-refractivity contribution in [2.45, 2.75) is 6.92 Å². The molecule has 114 valence electrons. The summed E-state index contributed by atoms with van der Waals surface area (Å²) >= 11 is 0. The summed E-state index contributed by atoms with van der Waals surface area (Å²) < 4.78 is 13.1. The topological polar surface area (TPSA) is 40.2 Å². The van der Waals surface area contributed by atoms with Gasteiger partial charge in [-0.1, -0.05) is 18.2 Å².